The van der Waals surface area contributed by atoms with Gasteiger partial charge in [-0.15, -0.1) is 0 Å². The first kappa shape index (κ1) is 51.1. The molecule has 7 nitrogen and oxygen atoms in total. The fraction of sp³-hybridized carbons (Fsp3) is 0.0870. The quantitative estimate of drug-likeness (QED) is 0.121. The van der Waals surface area contributed by atoms with Gasteiger partial charge in [-0.3, -0.25) is 15.0 Å². The van der Waals surface area contributed by atoms with E-state index >= 15 is 0 Å². The largest absolute Gasteiger partial charge is 0.494 e. The standard InChI is InChI=1S/C39H25N3.C21H22BNO2.C9H5Cl2N/c1-2-12-35-32(7-1)25-36(28-19-15-26(16-20-28)33-13-3-8-29-10-5-23-40-37(29)33)42-39(35)31-21-17-27(18-22-31)34-14-4-9-30-11-6-24-41-38(30)34;1-20(2)21(3,4)25-22(24-20)17-12-10-15(11-13-17)18-9-5-7-16-8-6-14-23-19(16)18;10-8-5-6-3-1-2-4-7(6)9(11)12-8/h1-25H;5-14H,1-4H3;1-5H. The molecule has 14 rings (SSSR count). The van der Waals surface area contributed by atoms with Crippen molar-refractivity contribution < 1.29 is 9.31 Å². The Kier molecular flexibility index (Phi) is 14.0. The Hall–Kier alpha value is -8.63. The molecular formula is C69H52BCl2N5O2. The zero-order valence-electron chi connectivity index (χ0n) is 44.0. The minimum Gasteiger partial charge on any atom is -0.399 e. The molecule has 0 spiro atoms. The molecule has 1 saturated heterocycles. The van der Waals surface area contributed by atoms with Gasteiger partial charge >= 0.3 is 7.12 Å². The van der Waals surface area contributed by atoms with Crippen molar-refractivity contribution in [2.24, 2.45) is 0 Å². The zero-order valence-corrected chi connectivity index (χ0v) is 45.5. The molecule has 6 heterocycles. The van der Waals surface area contributed by atoms with Crippen LogP contribution >= 0.6 is 23.2 Å². The number of para-hydroxylation sites is 3. The molecule has 0 saturated carbocycles. The Labute approximate surface area is 469 Å². The zero-order chi connectivity index (χ0) is 54.1. The van der Waals surface area contributed by atoms with Crippen molar-refractivity contribution in [2.75, 3.05) is 0 Å². The molecule has 0 unspecified atom stereocenters. The normalized spacial score (nSPS) is 13.5. The molecule has 0 amide bonds. The lowest BCUT2D eigenvalue weighted by Crippen LogP contribution is -2.41. The van der Waals surface area contributed by atoms with Gasteiger partial charge in [0.25, 0.3) is 0 Å². The second-order valence-electron chi connectivity index (χ2n) is 20.5. The number of halogens is 2. The number of rotatable bonds is 6. The first-order chi connectivity index (χ1) is 38.5. The Balaban J connectivity index is 0.000000141. The average Bonchev–Trinajstić information content (AvgIpc) is 3.72. The summed E-state index contributed by atoms with van der Waals surface area (Å²) in [5.74, 6) is 0. The molecule has 0 atom stereocenters. The summed E-state index contributed by atoms with van der Waals surface area (Å²) in [6, 6.07) is 77.1. The van der Waals surface area contributed by atoms with Crippen LogP contribution in [-0.2, 0) is 9.31 Å². The smallest absolute Gasteiger partial charge is 0.399 e. The fourth-order valence-electron chi connectivity index (χ4n) is 10.1. The van der Waals surface area contributed by atoms with Crippen LogP contribution in [0, 0.1) is 0 Å². The second kappa shape index (κ2) is 21.7. The monoisotopic (exact) mass is 1060 g/mol. The molecular weight excluding hydrogens is 1010 g/mol. The van der Waals surface area contributed by atoms with Gasteiger partial charge in [0.05, 0.1) is 39.1 Å². The Morgan fingerprint density at radius 2 is 0.759 bits per heavy atom. The molecule has 13 aromatic rings. The molecule has 10 heteroatoms. The first-order valence-corrected chi connectivity index (χ1v) is 27.0. The second-order valence-corrected chi connectivity index (χ2v) is 21.3. The summed E-state index contributed by atoms with van der Waals surface area (Å²) < 4.78 is 12.3. The van der Waals surface area contributed by atoms with Gasteiger partial charge in [-0.1, -0.05) is 217 Å². The van der Waals surface area contributed by atoms with Gasteiger partial charge in [0.1, 0.15) is 10.3 Å². The van der Waals surface area contributed by atoms with E-state index in [1.165, 1.54) is 5.39 Å². The van der Waals surface area contributed by atoms with Gasteiger partial charge in [-0.25, -0.2) is 9.97 Å². The summed E-state index contributed by atoms with van der Waals surface area (Å²) in [6.07, 6.45) is 5.55. The van der Waals surface area contributed by atoms with E-state index in [1.54, 1.807) is 6.07 Å². The van der Waals surface area contributed by atoms with Gasteiger partial charge in [0, 0.05) is 73.3 Å². The van der Waals surface area contributed by atoms with Crippen LogP contribution in [-0.4, -0.2) is 43.2 Å². The van der Waals surface area contributed by atoms with Crippen molar-refractivity contribution in [2.45, 2.75) is 38.9 Å². The Morgan fingerprint density at radius 3 is 1.25 bits per heavy atom. The highest BCUT2D eigenvalue weighted by molar-refractivity contribution is 6.62. The van der Waals surface area contributed by atoms with Gasteiger partial charge in [-0.2, -0.15) is 0 Å². The van der Waals surface area contributed by atoms with Crippen LogP contribution in [0.25, 0.3) is 110 Å². The molecule has 1 aliphatic heterocycles. The van der Waals surface area contributed by atoms with Gasteiger partial charge < -0.3 is 9.31 Å². The molecule has 0 bridgehead atoms. The maximum Gasteiger partial charge on any atom is 0.494 e. The third kappa shape index (κ3) is 10.5. The van der Waals surface area contributed by atoms with Crippen LogP contribution in [0.1, 0.15) is 27.7 Å². The van der Waals surface area contributed by atoms with Crippen LogP contribution in [0.2, 0.25) is 10.3 Å². The van der Waals surface area contributed by atoms with E-state index in [-0.39, 0.29) is 18.3 Å². The minimum absolute atomic E-state index is 0.324. The molecule has 0 radical (unpaired) electrons. The molecule has 0 aliphatic carbocycles. The Bertz CT molecular complexity index is 4330. The summed E-state index contributed by atoms with van der Waals surface area (Å²) in [5, 5.41) is 8.57. The van der Waals surface area contributed by atoms with Crippen molar-refractivity contribution >= 4 is 90.0 Å². The van der Waals surface area contributed by atoms with E-state index in [4.69, 9.17) is 37.5 Å². The SMILES string of the molecule is CC1(C)OB(c2ccc(-c3cccc4cccnc34)cc2)OC1(C)C.Clc1cc2ccccc2c(Cl)n1.c1ccc2c(-c3ccc(-c4cccc5cccnc45)cc3)nc(-c3ccc(-c4cccc5cccnc45)cc3)cc2c1. The maximum absolute atomic E-state index is 6.13. The Morgan fingerprint density at radius 1 is 0.367 bits per heavy atom. The van der Waals surface area contributed by atoms with E-state index in [2.05, 4.69) is 224 Å². The molecule has 8 aromatic carbocycles. The summed E-state index contributed by atoms with van der Waals surface area (Å²) in [7, 11) is -0.329. The van der Waals surface area contributed by atoms with Crippen molar-refractivity contribution in [3.63, 3.8) is 0 Å². The van der Waals surface area contributed by atoms with Crippen molar-refractivity contribution in [3.05, 3.63) is 253 Å². The highest BCUT2D eigenvalue weighted by Gasteiger charge is 2.51. The number of hydrogen-bond acceptors (Lipinski definition) is 7. The summed E-state index contributed by atoms with van der Waals surface area (Å²) >= 11 is 11.6. The number of pyridine rings is 5. The third-order valence-electron chi connectivity index (χ3n) is 15.0. The van der Waals surface area contributed by atoms with Crippen LogP contribution in [0.4, 0.5) is 0 Å². The van der Waals surface area contributed by atoms with Crippen molar-refractivity contribution in [3.8, 4) is 55.9 Å². The lowest BCUT2D eigenvalue weighted by molar-refractivity contribution is 0.00578. The third-order valence-corrected chi connectivity index (χ3v) is 15.5. The van der Waals surface area contributed by atoms with Gasteiger partial charge in [0.15, 0.2) is 0 Å². The maximum atomic E-state index is 6.13. The van der Waals surface area contributed by atoms with Gasteiger partial charge in [0.2, 0.25) is 0 Å². The van der Waals surface area contributed by atoms with Crippen LogP contribution in [0.3, 0.4) is 0 Å². The highest BCUT2D eigenvalue weighted by atomic mass is 35.5. The number of benzene rings is 8. The molecule has 382 valence electrons. The van der Waals surface area contributed by atoms with Crippen molar-refractivity contribution in [1.82, 2.24) is 24.9 Å². The average molecular weight is 1060 g/mol. The number of fused-ring (bicyclic) bond motifs is 5. The topological polar surface area (TPSA) is 82.9 Å². The predicted octanol–water partition coefficient (Wildman–Crippen LogP) is 17.7. The van der Waals surface area contributed by atoms with E-state index < -0.39 is 0 Å². The van der Waals surface area contributed by atoms with E-state index in [9.17, 15) is 0 Å². The van der Waals surface area contributed by atoms with E-state index in [1.807, 2.05) is 61.1 Å². The highest BCUT2D eigenvalue weighted by Crippen LogP contribution is 2.38. The molecule has 79 heavy (non-hydrogen) atoms. The van der Waals surface area contributed by atoms with E-state index in [0.717, 1.165) is 110 Å². The number of hydrogen-bond donors (Lipinski definition) is 0. The number of nitrogens with zero attached hydrogens (tertiary/aromatic N) is 5. The van der Waals surface area contributed by atoms with Crippen molar-refractivity contribution in [1.29, 1.82) is 0 Å². The molecule has 1 fully saturated rings. The summed E-state index contributed by atoms with van der Waals surface area (Å²) in [6.45, 7) is 8.29. The lowest BCUT2D eigenvalue weighted by atomic mass is 9.78. The van der Waals surface area contributed by atoms with Crippen LogP contribution in [0.5, 0.6) is 0 Å². The molecule has 0 N–H and O–H groups in total. The van der Waals surface area contributed by atoms with E-state index in [0.29, 0.717) is 10.3 Å². The summed E-state index contributed by atoms with van der Waals surface area (Å²) in [4.78, 5) is 23.0. The lowest BCUT2D eigenvalue weighted by Gasteiger charge is -2.32. The van der Waals surface area contributed by atoms with Gasteiger partial charge in [-0.05, 0) is 91.0 Å². The minimum atomic E-state index is -0.329. The van der Waals surface area contributed by atoms with Crippen LogP contribution in [0.15, 0.2) is 243 Å². The molecule has 1 aliphatic rings. The fourth-order valence-corrected chi connectivity index (χ4v) is 10.6. The first-order valence-electron chi connectivity index (χ1n) is 26.3. The van der Waals surface area contributed by atoms with Crippen LogP contribution < -0.4 is 5.46 Å². The summed E-state index contributed by atoms with van der Waals surface area (Å²) in [5.41, 5.74) is 14.4. The number of aromatic nitrogens is 5. The molecule has 5 aromatic heterocycles. The predicted molar refractivity (Wildman–Crippen MR) is 329 cm³/mol.